The van der Waals surface area contributed by atoms with E-state index in [1.165, 1.54) is 18.4 Å². The summed E-state index contributed by atoms with van der Waals surface area (Å²) in [5.41, 5.74) is 6.18. The largest absolute Gasteiger partial charge is 0.496 e. The van der Waals surface area contributed by atoms with Gasteiger partial charge in [0.1, 0.15) is 11.5 Å². The van der Waals surface area contributed by atoms with E-state index in [-0.39, 0.29) is 24.5 Å². The van der Waals surface area contributed by atoms with Gasteiger partial charge in [-0.2, -0.15) is 0 Å². The van der Waals surface area contributed by atoms with Crippen molar-refractivity contribution in [1.82, 2.24) is 10.2 Å². The number of hydrogen-bond acceptors (Lipinski definition) is 6. The predicted molar refractivity (Wildman–Crippen MR) is 170 cm³/mol. The number of fused-ring (bicyclic) bond motifs is 4. The van der Waals surface area contributed by atoms with Gasteiger partial charge in [-0.25, -0.2) is 0 Å². The second-order valence-corrected chi connectivity index (χ2v) is 13.1. The molecule has 7 nitrogen and oxygen atoms in total. The third kappa shape index (κ3) is 5.47. The summed E-state index contributed by atoms with van der Waals surface area (Å²) >= 11 is 0. The fraction of sp³-hybridized carbons (Fsp3) is 0.459. The Labute approximate surface area is 259 Å². The molecule has 44 heavy (non-hydrogen) atoms. The average Bonchev–Trinajstić information content (AvgIpc) is 3.73. The lowest BCUT2D eigenvalue weighted by molar-refractivity contribution is -0.127. The van der Waals surface area contributed by atoms with Crippen molar-refractivity contribution in [2.45, 2.75) is 57.4 Å². The number of benzene rings is 3. The number of Topliss-reactive ketones (excluding diaryl/α,β-unsaturated/α-hetero) is 1. The van der Waals surface area contributed by atoms with Crippen molar-refractivity contribution in [1.29, 1.82) is 0 Å². The minimum absolute atomic E-state index is 0.0672. The van der Waals surface area contributed by atoms with E-state index in [9.17, 15) is 9.59 Å². The molecule has 0 aromatic heterocycles. The zero-order valence-corrected chi connectivity index (χ0v) is 25.9. The van der Waals surface area contributed by atoms with E-state index < -0.39 is 0 Å². The van der Waals surface area contributed by atoms with Crippen LogP contribution in [0.1, 0.15) is 65.6 Å². The number of amides is 1. The summed E-state index contributed by atoms with van der Waals surface area (Å²) in [6.45, 7) is 3.98. The van der Waals surface area contributed by atoms with Gasteiger partial charge in [0.05, 0.1) is 12.7 Å². The van der Waals surface area contributed by atoms with Crippen LogP contribution in [0, 0.1) is 17.8 Å². The molecular weight excluding hydrogens is 552 g/mol. The summed E-state index contributed by atoms with van der Waals surface area (Å²) in [5, 5.41) is 3.13. The van der Waals surface area contributed by atoms with Crippen molar-refractivity contribution in [2.24, 2.45) is 17.8 Å². The standard InChI is InChI=1S/C37H42N2O5/c1-22-31(40)14-13-28-30(39(2)20-24-4-5-24)18-27-10-12-29(36(42-3)35(27)34(22)28)37(41)38-17-16-23-6-8-25(9-7-23)26-11-15-32-33(19-26)44-21-43-32/h6-12,15,19,22,24,28,30,34H,4-5,13-14,16-18,20-21H2,1-3H3,(H,38,41)/t22?,28-,30+,34?/m0/s1. The normalized spacial score (nSPS) is 23.7. The highest BCUT2D eigenvalue weighted by Gasteiger charge is 2.47. The van der Waals surface area contributed by atoms with E-state index >= 15 is 0 Å². The van der Waals surface area contributed by atoms with Crippen LogP contribution in [-0.4, -0.2) is 56.7 Å². The molecule has 0 spiro atoms. The maximum atomic E-state index is 13.6. The fourth-order valence-corrected chi connectivity index (χ4v) is 7.82. The Kier molecular flexibility index (Phi) is 7.83. The quantitative estimate of drug-likeness (QED) is 0.326. The maximum absolute atomic E-state index is 13.6. The van der Waals surface area contributed by atoms with E-state index in [1.54, 1.807) is 7.11 Å². The number of rotatable bonds is 9. The van der Waals surface area contributed by atoms with E-state index in [4.69, 9.17) is 14.2 Å². The van der Waals surface area contributed by atoms with Crippen LogP contribution in [0.5, 0.6) is 17.2 Å². The van der Waals surface area contributed by atoms with Gasteiger partial charge >= 0.3 is 0 Å². The van der Waals surface area contributed by atoms with Crippen LogP contribution in [-0.2, 0) is 17.6 Å². The zero-order valence-electron chi connectivity index (χ0n) is 25.9. The van der Waals surface area contributed by atoms with Crippen LogP contribution >= 0.6 is 0 Å². The van der Waals surface area contributed by atoms with Crippen LogP contribution in [0.2, 0.25) is 0 Å². The van der Waals surface area contributed by atoms with E-state index in [2.05, 4.69) is 54.5 Å². The molecule has 0 bridgehead atoms. The monoisotopic (exact) mass is 594 g/mol. The van der Waals surface area contributed by atoms with Crippen LogP contribution < -0.4 is 19.5 Å². The van der Waals surface area contributed by atoms with Gasteiger partial charge in [-0.15, -0.1) is 0 Å². The van der Waals surface area contributed by atoms with Gasteiger partial charge in [0.25, 0.3) is 5.91 Å². The Morgan fingerprint density at radius 2 is 1.77 bits per heavy atom. The summed E-state index contributed by atoms with van der Waals surface area (Å²) in [6.07, 6.45) is 5.85. The molecule has 3 aromatic rings. The third-order valence-corrected chi connectivity index (χ3v) is 10.4. The first-order valence-corrected chi connectivity index (χ1v) is 16.1. The lowest BCUT2D eigenvalue weighted by atomic mass is 9.60. The van der Waals surface area contributed by atoms with Gasteiger partial charge in [0.2, 0.25) is 6.79 Å². The predicted octanol–water partition coefficient (Wildman–Crippen LogP) is 6.03. The molecule has 7 rings (SSSR count). The van der Waals surface area contributed by atoms with Crippen LogP contribution in [0.4, 0.5) is 0 Å². The van der Waals surface area contributed by atoms with Crippen molar-refractivity contribution in [2.75, 3.05) is 34.0 Å². The van der Waals surface area contributed by atoms with Gasteiger partial charge in [0, 0.05) is 43.0 Å². The summed E-state index contributed by atoms with van der Waals surface area (Å²) in [5.74, 6) is 3.56. The summed E-state index contributed by atoms with van der Waals surface area (Å²) in [7, 11) is 3.92. The van der Waals surface area contributed by atoms with E-state index in [1.807, 2.05) is 24.3 Å². The topological polar surface area (TPSA) is 77.1 Å². The zero-order chi connectivity index (χ0) is 30.4. The molecular formula is C37H42N2O5. The average molecular weight is 595 g/mol. The van der Waals surface area contributed by atoms with Crippen molar-refractivity contribution < 1.29 is 23.8 Å². The van der Waals surface area contributed by atoms with Crippen LogP contribution in [0.15, 0.2) is 54.6 Å². The number of nitrogens with one attached hydrogen (secondary N) is 1. The molecule has 1 heterocycles. The highest BCUT2D eigenvalue weighted by molar-refractivity contribution is 5.98. The minimum atomic E-state index is -0.138. The highest BCUT2D eigenvalue weighted by Crippen LogP contribution is 2.52. The molecule has 2 unspecified atom stereocenters. The number of nitrogens with zero attached hydrogens (tertiary/aromatic N) is 1. The van der Waals surface area contributed by atoms with Crippen molar-refractivity contribution in [3.05, 3.63) is 76.9 Å². The molecule has 230 valence electrons. The number of ether oxygens (including phenoxy) is 3. The summed E-state index contributed by atoms with van der Waals surface area (Å²) in [6, 6.07) is 18.8. The van der Waals surface area contributed by atoms with Gasteiger partial charge < -0.3 is 24.4 Å². The molecule has 1 aliphatic heterocycles. The first kappa shape index (κ1) is 28.9. The van der Waals surface area contributed by atoms with Crippen molar-refractivity contribution in [3.63, 3.8) is 0 Å². The second-order valence-electron chi connectivity index (χ2n) is 13.1. The van der Waals surface area contributed by atoms with Crippen molar-refractivity contribution in [3.8, 4) is 28.4 Å². The fourth-order valence-electron chi connectivity index (χ4n) is 7.82. The molecule has 3 aliphatic carbocycles. The van der Waals surface area contributed by atoms with Gasteiger partial charge in [0.15, 0.2) is 11.5 Å². The first-order chi connectivity index (χ1) is 21.4. The Balaban J connectivity index is 1.06. The van der Waals surface area contributed by atoms with Gasteiger partial charge in [-0.3, -0.25) is 9.59 Å². The smallest absolute Gasteiger partial charge is 0.255 e. The molecule has 0 saturated heterocycles. The molecule has 4 atom stereocenters. The second kappa shape index (κ2) is 11.9. The number of carbonyl (C=O) groups excluding carboxylic acids is 2. The number of methoxy groups -OCH3 is 1. The Morgan fingerprint density at radius 3 is 2.55 bits per heavy atom. The van der Waals surface area contributed by atoms with Gasteiger partial charge in [-0.05, 0) is 91.4 Å². The lowest BCUT2D eigenvalue weighted by Crippen LogP contribution is -2.50. The number of likely N-dealkylation sites (N-methyl/N-ethyl adjacent to an activating group) is 1. The molecule has 7 heteroatoms. The van der Waals surface area contributed by atoms with Crippen molar-refractivity contribution >= 4 is 11.7 Å². The molecule has 0 radical (unpaired) electrons. The Morgan fingerprint density at radius 1 is 1.00 bits per heavy atom. The van der Waals surface area contributed by atoms with E-state index in [0.717, 1.165) is 59.1 Å². The molecule has 1 amide bonds. The lowest BCUT2D eigenvalue weighted by Gasteiger charge is -2.48. The summed E-state index contributed by atoms with van der Waals surface area (Å²) < 4.78 is 17.0. The van der Waals surface area contributed by atoms with Crippen LogP contribution in [0.3, 0.4) is 0 Å². The van der Waals surface area contributed by atoms with Crippen LogP contribution in [0.25, 0.3) is 11.1 Å². The Bertz CT molecular complexity index is 1560. The SMILES string of the molecule is COc1c(C(=O)NCCc2ccc(-c3ccc4c(c3)OCO4)cc2)ccc2c1C1C(C)C(=O)CC[C@H]1[C@H](N(C)CC1CC1)C2. The molecule has 2 fully saturated rings. The highest BCUT2D eigenvalue weighted by atomic mass is 16.7. The minimum Gasteiger partial charge on any atom is -0.496 e. The third-order valence-electron chi connectivity index (χ3n) is 10.4. The molecule has 4 aliphatic rings. The summed E-state index contributed by atoms with van der Waals surface area (Å²) in [4.78, 5) is 29.1. The molecule has 1 N–H and O–H groups in total. The maximum Gasteiger partial charge on any atom is 0.255 e. The number of carbonyl (C=O) groups is 2. The number of ketones is 1. The number of hydrogen-bond donors (Lipinski definition) is 1. The molecule has 3 aromatic carbocycles. The first-order valence-electron chi connectivity index (χ1n) is 16.1. The molecule has 2 saturated carbocycles. The Hall–Kier alpha value is -3.84. The van der Waals surface area contributed by atoms with Gasteiger partial charge in [-0.1, -0.05) is 43.3 Å². The van der Waals surface area contributed by atoms with E-state index in [0.29, 0.717) is 48.4 Å².